The molecule has 10 heteroatoms. The van der Waals surface area contributed by atoms with E-state index in [1.54, 1.807) is 0 Å². The number of anilines is 2. The average molecular weight is 418 g/mol. The second-order valence-corrected chi connectivity index (χ2v) is 6.55. The molecular weight excluding hydrogens is 402 g/mol. The molecule has 156 valence electrons. The van der Waals surface area contributed by atoms with Gasteiger partial charge in [-0.2, -0.15) is 26.3 Å². The van der Waals surface area contributed by atoms with Gasteiger partial charge in [0.15, 0.2) is 11.6 Å². The Kier molecular flexibility index (Phi) is 5.44. The minimum absolute atomic E-state index is 0.193. The van der Waals surface area contributed by atoms with Crippen molar-refractivity contribution in [1.82, 2.24) is 0 Å². The van der Waals surface area contributed by atoms with Gasteiger partial charge in [-0.05, 0) is 37.1 Å². The largest absolute Gasteiger partial charge is 0.417 e. The van der Waals surface area contributed by atoms with Crippen LogP contribution in [0.3, 0.4) is 0 Å². The minimum atomic E-state index is -6.28. The van der Waals surface area contributed by atoms with E-state index in [0.717, 1.165) is 24.3 Å². The van der Waals surface area contributed by atoms with Crippen molar-refractivity contribution in [3.63, 3.8) is 0 Å². The van der Waals surface area contributed by atoms with Gasteiger partial charge in [-0.15, -0.1) is 0 Å². The van der Waals surface area contributed by atoms with Crippen molar-refractivity contribution in [1.29, 1.82) is 0 Å². The van der Waals surface area contributed by atoms with Crippen molar-refractivity contribution in [2.24, 2.45) is 5.41 Å². The van der Waals surface area contributed by atoms with Crippen LogP contribution in [0.25, 0.3) is 0 Å². The van der Waals surface area contributed by atoms with E-state index >= 15 is 0 Å². The second-order valence-electron chi connectivity index (χ2n) is 6.55. The summed E-state index contributed by atoms with van der Waals surface area (Å²) >= 11 is 0. The van der Waals surface area contributed by atoms with E-state index in [9.17, 15) is 35.9 Å². The molecule has 0 heterocycles. The molecule has 0 fully saturated rings. The van der Waals surface area contributed by atoms with Crippen molar-refractivity contribution >= 4 is 22.9 Å². The number of ketones is 2. The van der Waals surface area contributed by atoms with Crippen LogP contribution in [-0.4, -0.2) is 23.9 Å². The van der Waals surface area contributed by atoms with E-state index in [4.69, 9.17) is 11.5 Å². The highest BCUT2D eigenvalue weighted by Crippen LogP contribution is 2.54. The predicted octanol–water partition coefficient (Wildman–Crippen LogP) is 4.64. The number of hydrogen-bond acceptors (Lipinski definition) is 4. The Morgan fingerprint density at radius 3 is 1.24 bits per heavy atom. The number of carbonyl (C=O) groups is 2. The monoisotopic (exact) mass is 418 g/mol. The summed E-state index contributed by atoms with van der Waals surface area (Å²) in [6.07, 6.45) is -12.6. The number of benzene rings is 2. The topological polar surface area (TPSA) is 86.2 Å². The zero-order valence-electron chi connectivity index (χ0n) is 15.2. The minimum Gasteiger partial charge on any atom is -0.398 e. The molecule has 29 heavy (non-hydrogen) atoms. The predicted molar refractivity (Wildman–Crippen MR) is 94.4 cm³/mol. The first kappa shape index (κ1) is 22.3. The Hall–Kier alpha value is -3.04. The fourth-order valence-corrected chi connectivity index (χ4v) is 2.78. The highest BCUT2D eigenvalue weighted by Gasteiger charge is 2.79. The van der Waals surface area contributed by atoms with Gasteiger partial charge in [0.25, 0.3) is 5.41 Å². The number of carbonyl (C=O) groups excluding carboxylic acids is 2. The van der Waals surface area contributed by atoms with E-state index in [0.29, 0.717) is 23.3 Å². The number of rotatable bonds is 4. The molecule has 0 radical (unpaired) electrons. The Morgan fingerprint density at radius 1 is 0.690 bits per heavy atom. The van der Waals surface area contributed by atoms with E-state index in [-0.39, 0.29) is 11.4 Å². The first-order valence-corrected chi connectivity index (χ1v) is 8.10. The first-order valence-electron chi connectivity index (χ1n) is 8.10. The molecule has 4 N–H and O–H groups in total. The summed E-state index contributed by atoms with van der Waals surface area (Å²) < 4.78 is 83.3. The van der Waals surface area contributed by atoms with Gasteiger partial charge in [0.1, 0.15) is 0 Å². The van der Waals surface area contributed by atoms with Crippen molar-refractivity contribution in [2.45, 2.75) is 26.2 Å². The quantitative estimate of drug-likeness (QED) is 0.328. The molecule has 0 bridgehead atoms. The molecular formula is C19H16F6N2O2. The van der Waals surface area contributed by atoms with Gasteiger partial charge < -0.3 is 11.5 Å². The third-order valence-electron chi connectivity index (χ3n) is 4.61. The first-order chi connectivity index (χ1) is 13.1. The van der Waals surface area contributed by atoms with Crippen LogP contribution in [0.2, 0.25) is 0 Å². The molecule has 0 aliphatic heterocycles. The third-order valence-corrected chi connectivity index (χ3v) is 4.61. The standard InChI is InChI=1S/C19H16F6N2O2/c1-9-3-5-11(7-13(9)26)15(28)17(18(20,21)22,19(23,24)25)16(29)12-6-4-10(2)14(27)8-12/h3-8H,26-27H2,1-2H3. The highest BCUT2D eigenvalue weighted by molar-refractivity contribution is 6.21. The number of halogens is 6. The second kappa shape index (κ2) is 7.09. The molecule has 0 spiro atoms. The van der Waals surface area contributed by atoms with Crippen molar-refractivity contribution in [3.05, 3.63) is 58.7 Å². The Balaban J connectivity index is 2.84. The zero-order valence-corrected chi connectivity index (χ0v) is 15.2. The van der Waals surface area contributed by atoms with Crippen LogP contribution < -0.4 is 11.5 Å². The lowest BCUT2D eigenvalue weighted by Crippen LogP contribution is -2.60. The van der Waals surface area contributed by atoms with Crippen LogP contribution in [-0.2, 0) is 0 Å². The van der Waals surface area contributed by atoms with Gasteiger partial charge >= 0.3 is 12.4 Å². The normalized spacial score (nSPS) is 12.7. The maximum atomic E-state index is 13.9. The summed E-state index contributed by atoms with van der Waals surface area (Å²) in [7, 11) is 0. The summed E-state index contributed by atoms with van der Waals surface area (Å²) in [5.74, 6) is -4.93. The number of nitrogens with two attached hydrogens (primary N) is 2. The molecule has 4 nitrogen and oxygen atoms in total. The van der Waals surface area contributed by atoms with E-state index in [2.05, 4.69) is 0 Å². The van der Waals surface area contributed by atoms with Gasteiger partial charge in [0.2, 0.25) is 0 Å². The average Bonchev–Trinajstić information content (AvgIpc) is 2.57. The van der Waals surface area contributed by atoms with Gasteiger partial charge in [-0.25, -0.2) is 0 Å². The third kappa shape index (κ3) is 3.54. The Labute approximate surface area is 161 Å². The van der Waals surface area contributed by atoms with Crippen molar-refractivity contribution in [3.8, 4) is 0 Å². The van der Waals surface area contributed by atoms with Crippen molar-refractivity contribution in [2.75, 3.05) is 11.5 Å². The van der Waals surface area contributed by atoms with E-state index < -0.39 is 40.5 Å². The molecule has 0 aliphatic carbocycles. The summed E-state index contributed by atoms with van der Waals surface area (Å²) in [6, 6.07) is 5.07. The number of hydrogen-bond donors (Lipinski definition) is 2. The molecule has 0 saturated carbocycles. The fourth-order valence-electron chi connectivity index (χ4n) is 2.78. The molecule has 2 aromatic carbocycles. The Bertz CT molecular complexity index is 900. The van der Waals surface area contributed by atoms with Crippen LogP contribution >= 0.6 is 0 Å². The van der Waals surface area contributed by atoms with Gasteiger partial charge in [-0.3, -0.25) is 9.59 Å². The van der Waals surface area contributed by atoms with Gasteiger partial charge in [0, 0.05) is 22.5 Å². The molecule has 2 rings (SSSR count). The Morgan fingerprint density at radius 2 is 1.00 bits per heavy atom. The van der Waals surface area contributed by atoms with Crippen LogP contribution in [0.1, 0.15) is 31.8 Å². The molecule has 0 saturated heterocycles. The summed E-state index contributed by atoms with van der Waals surface area (Å²) in [4.78, 5) is 25.3. The lowest BCUT2D eigenvalue weighted by Gasteiger charge is -2.34. The SMILES string of the molecule is Cc1ccc(C(=O)C(C(=O)c2ccc(C)c(N)c2)(C(F)(F)F)C(F)(F)F)cc1N. The summed E-state index contributed by atoms with van der Waals surface area (Å²) in [6.45, 7) is 2.90. The highest BCUT2D eigenvalue weighted by atomic mass is 19.4. The van der Waals surface area contributed by atoms with Crippen molar-refractivity contribution < 1.29 is 35.9 Å². The zero-order chi connectivity index (χ0) is 22.4. The maximum Gasteiger partial charge on any atom is 0.417 e. The van der Waals surface area contributed by atoms with E-state index in [1.165, 1.54) is 13.8 Å². The van der Waals surface area contributed by atoms with E-state index in [1.807, 2.05) is 0 Å². The smallest absolute Gasteiger partial charge is 0.398 e. The molecule has 2 aromatic rings. The van der Waals surface area contributed by atoms with Crippen LogP contribution in [0.15, 0.2) is 36.4 Å². The molecule has 0 unspecified atom stereocenters. The lowest BCUT2D eigenvalue weighted by atomic mass is 9.72. The van der Waals surface area contributed by atoms with Gasteiger partial charge in [0.05, 0.1) is 0 Å². The molecule has 0 aromatic heterocycles. The number of alkyl halides is 6. The summed E-state index contributed by atoms with van der Waals surface area (Å²) in [5.41, 5.74) is 4.05. The van der Waals surface area contributed by atoms with Gasteiger partial charge in [-0.1, -0.05) is 24.3 Å². The molecule has 0 atom stereocenters. The van der Waals surface area contributed by atoms with Crippen LogP contribution in [0, 0.1) is 19.3 Å². The number of nitrogen functional groups attached to an aromatic ring is 2. The fraction of sp³-hybridized carbons (Fsp3) is 0.263. The summed E-state index contributed by atoms with van der Waals surface area (Å²) in [5, 5.41) is 0. The molecule has 0 aliphatic rings. The number of Topliss-reactive ketones (excluding diaryl/α,β-unsaturated/α-hetero) is 2. The van der Waals surface area contributed by atoms with Crippen LogP contribution in [0.5, 0.6) is 0 Å². The van der Waals surface area contributed by atoms with Crippen LogP contribution in [0.4, 0.5) is 37.7 Å². The maximum absolute atomic E-state index is 13.9. The lowest BCUT2D eigenvalue weighted by molar-refractivity contribution is -0.295. The number of aryl methyl sites for hydroxylation is 2. The molecule has 0 amide bonds.